The molecule has 1 spiro atoms. The molecule has 0 aliphatic carbocycles. The molecule has 1 heteroatoms. The molecular weight excluding hydrogens is 290 g/mol. The molecule has 2 aromatic carbocycles. The highest BCUT2D eigenvalue weighted by Gasteiger charge is 3.14. The first kappa shape index (κ1) is 13.7. The molecule has 0 radical (unpaired) electrons. The van der Waals surface area contributed by atoms with Gasteiger partial charge in [-0.3, -0.25) is 4.48 Å². The van der Waals surface area contributed by atoms with Crippen molar-refractivity contribution < 1.29 is 4.48 Å². The van der Waals surface area contributed by atoms with Crippen LogP contribution in [0.4, 0.5) is 0 Å². The van der Waals surface area contributed by atoms with E-state index in [9.17, 15) is 0 Å². The van der Waals surface area contributed by atoms with Crippen LogP contribution in [0.2, 0.25) is 0 Å². The van der Waals surface area contributed by atoms with Crippen LogP contribution in [0.5, 0.6) is 0 Å². The van der Waals surface area contributed by atoms with Crippen LogP contribution in [0.1, 0.15) is 62.8 Å². The molecule has 0 bridgehead atoms. The maximum absolute atomic E-state index is 2.54. The first-order valence-electron chi connectivity index (χ1n) is 9.58. The zero-order valence-corrected chi connectivity index (χ0v) is 15.1. The molecule has 2 fully saturated rings. The highest BCUT2D eigenvalue weighted by atomic mass is 15.8. The number of quaternary nitrogens is 1. The first-order chi connectivity index (χ1) is 11.5. The number of rotatable bonds is 3. The van der Waals surface area contributed by atoms with Gasteiger partial charge >= 0.3 is 0 Å². The molecule has 5 atom stereocenters. The predicted octanol–water partition coefficient (Wildman–Crippen LogP) is 5.04. The van der Waals surface area contributed by atoms with Crippen LogP contribution >= 0.6 is 0 Å². The molecule has 3 unspecified atom stereocenters. The normalized spacial score (nSPS) is 44.8. The van der Waals surface area contributed by atoms with Gasteiger partial charge in [0.25, 0.3) is 0 Å². The Labute approximate surface area is 144 Å². The van der Waals surface area contributed by atoms with Gasteiger partial charge in [0.05, 0.1) is 0 Å². The summed E-state index contributed by atoms with van der Waals surface area (Å²) in [5.41, 5.74) is 7.45. The second-order valence-corrected chi connectivity index (χ2v) is 9.29. The van der Waals surface area contributed by atoms with E-state index in [0.29, 0.717) is 11.1 Å². The Morgan fingerprint density at radius 3 is 2.04 bits per heavy atom. The summed E-state index contributed by atoms with van der Waals surface area (Å²) < 4.78 is 1.32. The van der Waals surface area contributed by atoms with E-state index in [4.69, 9.17) is 0 Å². The average molecular weight is 316 g/mol. The quantitative estimate of drug-likeness (QED) is 0.550. The van der Waals surface area contributed by atoms with Gasteiger partial charge in [0.2, 0.25) is 6.04 Å². The van der Waals surface area contributed by atoms with E-state index >= 15 is 0 Å². The Bertz CT molecular complexity index is 914. The highest BCUT2D eigenvalue weighted by Crippen LogP contribution is 2.97. The third-order valence-corrected chi connectivity index (χ3v) is 8.32. The van der Waals surface area contributed by atoms with Crippen LogP contribution in [0.3, 0.4) is 0 Å². The summed E-state index contributed by atoms with van der Waals surface area (Å²) in [4.78, 5) is 0. The third kappa shape index (κ3) is 0.919. The average Bonchev–Trinajstić information content (AvgIpc) is 3.39. The monoisotopic (exact) mass is 316 g/mol. The zero-order valence-electron chi connectivity index (χ0n) is 15.1. The Kier molecular flexibility index (Phi) is 2.00. The second-order valence-electron chi connectivity index (χ2n) is 9.29. The van der Waals surface area contributed by atoms with Gasteiger partial charge in [0.15, 0.2) is 16.6 Å². The topological polar surface area (TPSA) is 0 Å². The van der Waals surface area contributed by atoms with E-state index in [1.165, 1.54) is 17.3 Å². The Morgan fingerprint density at radius 1 is 0.875 bits per heavy atom. The Morgan fingerprint density at radius 2 is 1.42 bits per heavy atom. The smallest absolute Gasteiger partial charge is 0.211 e. The van der Waals surface area contributed by atoms with E-state index in [2.05, 4.69) is 76.2 Å². The van der Waals surface area contributed by atoms with Gasteiger partial charge in [0.1, 0.15) is 0 Å². The molecule has 0 aromatic heterocycles. The van der Waals surface area contributed by atoms with Crippen molar-refractivity contribution in [2.45, 2.75) is 63.2 Å². The molecule has 2 saturated heterocycles. The largest absolute Gasteiger partial charge is 0.270 e. The van der Waals surface area contributed by atoms with Gasteiger partial charge in [-0.2, -0.15) is 0 Å². The van der Waals surface area contributed by atoms with E-state index in [0.717, 1.165) is 12.0 Å². The van der Waals surface area contributed by atoms with Gasteiger partial charge in [-0.15, -0.1) is 0 Å². The standard InChI is InChI=1S/C23H26N/c1-15(2)13-14-23-19-12-8-7-11-18(19)21(3)16-9-5-6-10-17(16)22(4)20(23)24(21,22)23/h5-12,15,20H,13-14H2,1-4H3/q+1/t20?,21?,22-,23+,24?/m0/s1. The maximum Gasteiger partial charge on any atom is 0.211 e. The van der Waals surface area contributed by atoms with Gasteiger partial charge in [-0.25, -0.2) is 0 Å². The fourth-order valence-corrected chi connectivity index (χ4v) is 7.74. The maximum atomic E-state index is 2.54. The summed E-state index contributed by atoms with van der Waals surface area (Å²) in [6.45, 7) is 9.83. The first-order valence-corrected chi connectivity index (χ1v) is 9.58. The summed E-state index contributed by atoms with van der Waals surface area (Å²) in [7, 11) is 0. The van der Waals surface area contributed by atoms with Crippen LogP contribution in [-0.4, -0.2) is 10.5 Å². The van der Waals surface area contributed by atoms with E-state index in [1.807, 2.05) is 0 Å². The van der Waals surface area contributed by atoms with Crippen molar-refractivity contribution in [2.75, 3.05) is 0 Å². The van der Waals surface area contributed by atoms with Crippen LogP contribution in [-0.2, 0) is 16.6 Å². The van der Waals surface area contributed by atoms with Crippen LogP contribution in [0, 0.1) is 5.92 Å². The number of benzene rings is 2. The lowest BCUT2D eigenvalue weighted by Gasteiger charge is -2.31. The SMILES string of the molecule is CC(C)CC[C@@]12c3ccccc3C3(C)c4ccccc4[C@@]4(C)C1[N+]342. The third-order valence-electron chi connectivity index (χ3n) is 8.32. The molecule has 4 heterocycles. The van der Waals surface area contributed by atoms with Crippen molar-refractivity contribution in [3.8, 4) is 0 Å². The molecular formula is C23H26N+. The van der Waals surface area contributed by atoms with Crippen LogP contribution < -0.4 is 0 Å². The fourth-order valence-electron chi connectivity index (χ4n) is 7.74. The lowest BCUT2D eigenvalue weighted by molar-refractivity contribution is -0.833. The minimum absolute atomic E-state index is 0.170. The molecule has 122 valence electrons. The molecule has 4 aliphatic rings. The lowest BCUT2D eigenvalue weighted by Crippen LogP contribution is -2.44. The van der Waals surface area contributed by atoms with Gasteiger partial charge in [-0.1, -0.05) is 62.4 Å². The summed E-state index contributed by atoms with van der Waals surface area (Å²) in [6, 6.07) is 19.5. The van der Waals surface area contributed by atoms with Crippen molar-refractivity contribution >= 4 is 0 Å². The van der Waals surface area contributed by atoms with Crippen molar-refractivity contribution in [3.63, 3.8) is 0 Å². The molecule has 6 rings (SSSR count). The van der Waals surface area contributed by atoms with Gasteiger partial charge in [-0.05, 0) is 19.3 Å². The zero-order chi connectivity index (χ0) is 16.5. The molecule has 2 aromatic rings. The molecule has 0 N–H and O–H groups in total. The van der Waals surface area contributed by atoms with E-state index in [1.54, 1.807) is 22.3 Å². The molecule has 4 aliphatic heterocycles. The molecule has 0 saturated carbocycles. The molecule has 1 nitrogen and oxygen atoms in total. The van der Waals surface area contributed by atoms with Gasteiger partial charge < -0.3 is 0 Å². The van der Waals surface area contributed by atoms with Crippen molar-refractivity contribution in [1.29, 1.82) is 0 Å². The minimum Gasteiger partial charge on any atom is -0.270 e. The minimum atomic E-state index is 0.170. The number of fused-ring (bicyclic) bond motifs is 8. The van der Waals surface area contributed by atoms with Crippen molar-refractivity contribution in [3.05, 3.63) is 70.8 Å². The Hall–Kier alpha value is -1.60. The number of nitrogens with zero attached hydrogens (tertiary/aromatic N) is 1. The number of hydrogen-bond donors (Lipinski definition) is 0. The fraction of sp³-hybridized carbons (Fsp3) is 0.478. The lowest BCUT2D eigenvalue weighted by atomic mass is 9.72. The molecule has 0 amide bonds. The summed E-state index contributed by atoms with van der Waals surface area (Å²) in [5, 5.41) is 0. The Balaban J connectivity index is 1.64. The van der Waals surface area contributed by atoms with E-state index < -0.39 is 0 Å². The summed E-state index contributed by atoms with van der Waals surface area (Å²) in [6.07, 6.45) is 2.69. The van der Waals surface area contributed by atoms with Crippen molar-refractivity contribution in [2.24, 2.45) is 5.92 Å². The molecule has 24 heavy (non-hydrogen) atoms. The highest BCUT2D eigenvalue weighted by molar-refractivity contribution is 5.66. The summed E-state index contributed by atoms with van der Waals surface area (Å²) >= 11 is 0. The number of hydrogen-bond acceptors (Lipinski definition) is 0. The van der Waals surface area contributed by atoms with Gasteiger partial charge in [0, 0.05) is 35.6 Å². The second kappa shape index (κ2) is 3.51. The van der Waals surface area contributed by atoms with E-state index in [-0.39, 0.29) is 5.54 Å². The van der Waals surface area contributed by atoms with Crippen LogP contribution in [0.15, 0.2) is 48.5 Å². The van der Waals surface area contributed by atoms with Crippen LogP contribution in [0.25, 0.3) is 0 Å². The van der Waals surface area contributed by atoms with Crippen molar-refractivity contribution in [1.82, 2.24) is 0 Å². The summed E-state index contributed by atoms with van der Waals surface area (Å²) in [5.74, 6) is 0.786. The predicted molar refractivity (Wildman–Crippen MR) is 96.5 cm³/mol.